The standard InChI is InChI=1S/C19H20B2N6O8S2/c1-8(16(30)33-20)35-24-13(11-6-36-9(2)23-11)12(28)5-10-14(29)25-7-19(17(31)34-21,37-15(10)25)26-3-4-27(22)18(26)32/h6,8,10,15H,3-5,7,22H2,1-2H3/b24-13-/t8-,10?,15-,19-/m1/s1. The van der Waals surface area contributed by atoms with Gasteiger partial charge in [0.25, 0.3) is 0 Å². The van der Waals surface area contributed by atoms with Gasteiger partial charge in [-0.05, 0) is 13.8 Å². The summed E-state index contributed by atoms with van der Waals surface area (Å²) in [7, 11) is 10.0. The Morgan fingerprint density at radius 1 is 1.30 bits per heavy atom. The predicted molar refractivity (Wildman–Crippen MR) is 130 cm³/mol. The number of rotatable bonds is 9. The topological polar surface area (TPSA) is 174 Å². The highest BCUT2D eigenvalue weighted by molar-refractivity contribution is 8.02. The van der Waals surface area contributed by atoms with E-state index < -0.39 is 51.9 Å². The van der Waals surface area contributed by atoms with Crippen molar-refractivity contribution < 1.29 is 38.1 Å². The maximum Gasteiger partial charge on any atom is 0.378 e. The Morgan fingerprint density at radius 2 is 2.03 bits per heavy atom. The van der Waals surface area contributed by atoms with E-state index in [4.69, 9.17) is 26.8 Å². The molecule has 3 saturated heterocycles. The molecule has 4 atom stereocenters. The molecule has 3 fully saturated rings. The van der Waals surface area contributed by atoms with Crippen LogP contribution in [0.15, 0.2) is 10.5 Å². The van der Waals surface area contributed by atoms with Crippen LogP contribution in [0, 0.1) is 12.8 Å². The number of aromatic nitrogens is 1. The van der Waals surface area contributed by atoms with E-state index in [-0.39, 0.29) is 37.5 Å². The zero-order valence-corrected chi connectivity index (χ0v) is 21.3. The van der Waals surface area contributed by atoms with Crippen molar-refractivity contribution in [1.82, 2.24) is 19.8 Å². The van der Waals surface area contributed by atoms with Crippen molar-refractivity contribution in [2.45, 2.75) is 36.6 Å². The lowest BCUT2D eigenvalue weighted by Gasteiger charge is -2.40. The third kappa shape index (κ3) is 4.68. The van der Waals surface area contributed by atoms with Crippen LogP contribution in [0.5, 0.6) is 0 Å². The number of Topliss-reactive ketones (excluding diaryl/α,β-unsaturated/α-hetero) is 1. The Hall–Kier alpha value is -3.11. The lowest BCUT2D eigenvalue weighted by molar-refractivity contribution is -0.153. The first-order valence-electron chi connectivity index (χ1n) is 10.9. The number of amides is 3. The summed E-state index contributed by atoms with van der Waals surface area (Å²) >= 11 is 2.26. The first-order chi connectivity index (χ1) is 17.5. The molecule has 4 rings (SSSR count). The van der Waals surface area contributed by atoms with Gasteiger partial charge >= 0.3 is 34.1 Å². The van der Waals surface area contributed by atoms with Gasteiger partial charge in [-0.1, -0.05) is 16.9 Å². The number of nitrogens with two attached hydrogens (primary N) is 1. The molecule has 1 aromatic rings. The van der Waals surface area contributed by atoms with Gasteiger partial charge in [-0.3, -0.25) is 24.3 Å². The van der Waals surface area contributed by atoms with E-state index in [0.717, 1.165) is 16.8 Å². The molecule has 3 amide bonds. The van der Waals surface area contributed by atoms with E-state index in [0.29, 0.717) is 5.01 Å². The highest BCUT2D eigenvalue weighted by atomic mass is 32.2. The van der Waals surface area contributed by atoms with Crippen LogP contribution in [-0.4, -0.2) is 107 Å². The molecule has 4 radical (unpaired) electrons. The average molecular weight is 546 g/mol. The van der Waals surface area contributed by atoms with Crippen molar-refractivity contribution in [2.24, 2.45) is 16.9 Å². The number of hydrazine groups is 1. The molecular formula is C19H20B2N6O8S2. The Labute approximate surface area is 221 Å². The molecule has 1 unspecified atom stereocenters. The largest absolute Gasteiger partial charge is 0.541 e. The average Bonchev–Trinajstić information content (AvgIpc) is 3.58. The minimum absolute atomic E-state index is 0.122. The Bertz CT molecular complexity index is 1180. The quantitative estimate of drug-likeness (QED) is 0.0965. The molecule has 3 aliphatic rings. The summed E-state index contributed by atoms with van der Waals surface area (Å²) in [4.78, 5) is 73.4. The molecule has 18 heteroatoms. The summed E-state index contributed by atoms with van der Waals surface area (Å²) in [6.07, 6.45) is -1.51. The molecule has 1 aromatic heterocycles. The Morgan fingerprint density at radius 3 is 2.59 bits per heavy atom. The molecule has 4 heterocycles. The van der Waals surface area contributed by atoms with Crippen LogP contribution in [-0.2, 0) is 33.3 Å². The third-order valence-electron chi connectivity index (χ3n) is 6.14. The second kappa shape index (κ2) is 10.3. The van der Waals surface area contributed by atoms with Gasteiger partial charge in [0.15, 0.2) is 11.5 Å². The first-order valence-corrected chi connectivity index (χ1v) is 12.6. The number of ketones is 1. The number of carbonyl (C=O) groups excluding carboxylic acids is 5. The van der Waals surface area contributed by atoms with Crippen LogP contribution >= 0.6 is 23.1 Å². The maximum absolute atomic E-state index is 13.3. The highest BCUT2D eigenvalue weighted by Crippen LogP contribution is 2.53. The number of β-lactam (4-membered cyclic amide) rings is 1. The molecule has 0 spiro atoms. The van der Waals surface area contributed by atoms with Crippen molar-refractivity contribution in [3.63, 3.8) is 0 Å². The van der Waals surface area contributed by atoms with Crippen molar-refractivity contribution in [2.75, 3.05) is 19.6 Å². The first kappa shape index (κ1) is 26.9. The number of hydrogen-bond donors (Lipinski definition) is 1. The minimum Gasteiger partial charge on any atom is -0.541 e. The number of carbonyl (C=O) groups is 5. The number of hydrogen-bond acceptors (Lipinski definition) is 13. The monoisotopic (exact) mass is 546 g/mol. The number of aryl methyl sites for hydroxylation is 1. The summed E-state index contributed by atoms with van der Waals surface area (Å²) < 4.78 is 8.58. The molecule has 0 saturated carbocycles. The van der Waals surface area contributed by atoms with Gasteiger partial charge in [-0.2, -0.15) is 0 Å². The third-order valence-corrected chi connectivity index (χ3v) is 8.64. The fraction of sp³-hybridized carbons (Fsp3) is 0.526. The van der Waals surface area contributed by atoms with Crippen LogP contribution in [0.2, 0.25) is 0 Å². The SMILES string of the molecule is [B]OC(=O)[C@@H](C)O/N=C(\C(=O)CC1C(=O)N2C[C@@](C(=O)O[B])(N3CCN(N)C3=O)S[C@H]12)c1csc(C)n1. The summed E-state index contributed by atoms with van der Waals surface area (Å²) in [5, 5.41) is 6.37. The lowest BCUT2D eigenvalue weighted by Crippen LogP contribution is -2.60. The molecule has 0 aromatic carbocycles. The van der Waals surface area contributed by atoms with Crippen molar-refractivity contribution in [1.29, 1.82) is 0 Å². The van der Waals surface area contributed by atoms with E-state index in [9.17, 15) is 24.0 Å². The van der Waals surface area contributed by atoms with E-state index in [1.54, 1.807) is 12.3 Å². The molecule has 37 heavy (non-hydrogen) atoms. The molecule has 2 N–H and O–H groups in total. The maximum atomic E-state index is 13.3. The minimum atomic E-state index is -1.61. The molecule has 14 nitrogen and oxygen atoms in total. The van der Waals surface area contributed by atoms with E-state index >= 15 is 0 Å². The van der Waals surface area contributed by atoms with Crippen molar-refractivity contribution >= 4 is 74.6 Å². The second-order valence-corrected chi connectivity index (χ2v) is 10.9. The molecule has 192 valence electrons. The molecule has 0 aliphatic carbocycles. The van der Waals surface area contributed by atoms with E-state index in [1.807, 2.05) is 0 Å². The zero-order valence-electron chi connectivity index (χ0n) is 19.7. The molecular weight excluding hydrogens is 526 g/mol. The normalized spacial score (nSPS) is 26.0. The predicted octanol–water partition coefficient (Wildman–Crippen LogP) is -1.39. The summed E-state index contributed by atoms with van der Waals surface area (Å²) in [6.45, 7) is 3.18. The number of nitrogens with zero attached hydrogens (tertiary/aromatic N) is 5. The van der Waals surface area contributed by atoms with Crippen molar-refractivity contribution in [3.05, 3.63) is 16.1 Å². The summed E-state index contributed by atoms with van der Waals surface area (Å²) in [5.41, 5.74) is 0.00618. The number of urea groups is 1. The number of fused-ring (bicyclic) bond motifs is 1. The van der Waals surface area contributed by atoms with E-state index in [2.05, 4.69) is 19.4 Å². The van der Waals surface area contributed by atoms with E-state index in [1.165, 1.54) is 28.1 Å². The summed E-state index contributed by atoms with van der Waals surface area (Å²) in [6, 6.07) is -0.615. The van der Waals surface area contributed by atoms with Gasteiger partial charge in [0.05, 0.1) is 29.4 Å². The molecule has 0 bridgehead atoms. The van der Waals surface area contributed by atoms with Gasteiger partial charge in [-0.15, -0.1) is 11.3 Å². The Balaban J connectivity index is 1.55. The fourth-order valence-corrected chi connectivity index (χ4v) is 6.53. The number of oxime groups is 1. The lowest BCUT2D eigenvalue weighted by atomic mass is 9.90. The highest BCUT2D eigenvalue weighted by Gasteiger charge is 2.66. The second-order valence-electron chi connectivity index (χ2n) is 8.40. The van der Waals surface area contributed by atoms with Crippen LogP contribution in [0.25, 0.3) is 0 Å². The van der Waals surface area contributed by atoms with Crippen LogP contribution < -0.4 is 5.84 Å². The van der Waals surface area contributed by atoms with Crippen LogP contribution in [0.4, 0.5) is 4.79 Å². The van der Waals surface area contributed by atoms with Gasteiger partial charge in [-0.25, -0.2) is 20.4 Å². The molecule has 3 aliphatic heterocycles. The number of thiazole rings is 1. The Kier molecular flexibility index (Phi) is 7.52. The zero-order chi connectivity index (χ0) is 27.1. The summed E-state index contributed by atoms with van der Waals surface area (Å²) in [5.74, 6) is 2.02. The van der Waals surface area contributed by atoms with Gasteiger partial charge in [0.1, 0.15) is 5.69 Å². The van der Waals surface area contributed by atoms with Gasteiger partial charge in [0, 0.05) is 18.3 Å². The smallest absolute Gasteiger partial charge is 0.378 e. The number of thioether (sulfide) groups is 1. The van der Waals surface area contributed by atoms with Crippen LogP contribution in [0.3, 0.4) is 0 Å². The van der Waals surface area contributed by atoms with Gasteiger partial charge in [0.2, 0.25) is 16.9 Å². The fourth-order valence-electron chi connectivity index (χ4n) is 4.20. The van der Waals surface area contributed by atoms with Crippen molar-refractivity contribution in [3.8, 4) is 0 Å². The van der Waals surface area contributed by atoms with Crippen LogP contribution in [0.1, 0.15) is 24.0 Å². The van der Waals surface area contributed by atoms with Gasteiger partial charge < -0.3 is 19.0 Å².